The van der Waals surface area contributed by atoms with Gasteiger partial charge in [0.1, 0.15) is 0 Å². The van der Waals surface area contributed by atoms with E-state index in [9.17, 15) is 8.78 Å². The first kappa shape index (κ1) is 7.62. The number of nitrogens with zero attached hydrogens (tertiary/aromatic N) is 1. The number of likely N-dealkylation sites (tertiary alicyclic amines) is 1. The van der Waals surface area contributed by atoms with E-state index < -0.39 is 5.92 Å². The van der Waals surface area contributed by atoms with Gasteiger partial charge in [-0.2, -0.15) is 0 Å². The molecule has 3 nitrogen and oxygen atoms in total. The van der Waals surface area contributed by atoms with Gasteiger partial charge in [-0.05, 0) is 12.2 Å². The summed E-state index contributed by atoms with van der Waals surface area (Å²) in [6.07, 6.45) is 0. The van der Waals surface area contributed by atoms with E-state index in [2.05, 4.69) is 17.6 Å². The molecule has 0 aromatic heterocycles. The Bertz CT molecular complexity index is 153. The Morgan fingerprint density at radius 1 is 1.60 bits per heavy atom. The predicted octanol–water partition coefficient (Wildman–Crippen LogP) is -0.315. The van der Waals surface area contributed by atoms with Crippen LogP contribution in [0.15, 0.2) is 0 Å². The Kier molecular flexibility index (Phi) is 1.74. The maximum absolute atomic E-state index is 12.1. The summed E-state index contributed by atoms with van der Waals surface area (Å²) in [6, 6.07) is 0. The van der Waals surface area contributed by atoms with E-state index in [4.69, 9.17) is 5.84 Å². The molecule has 0 aromatic rings. The van der Waals surface area contributed by atoms with Gasteiger partial charge in [0.2, 0.25) is 0 Å². The molecule has 0 amide bonds. The summed E-state index contributed by atoms with van der Waals surface area (Å²) < 4.78 is 24.2. The second kappa shape index (κ2) is 2.28. The SMILES string of the molecule is NNC(=S)N1CC(F)(F)C1. The van der Waals surface area contributed by atoms with E-state index in [1.165, 1.54) is 4.90 Å². The zero-order valence-corrected chi connectivity index (χ0v) is 5.92. The molecule has 0 unspecified atom stereocenters. The lowest BCUT2D eigenvalue weighted by Crippen LogP contribution is -2.61. The van der Waals surface area contributed by atoms with Crippen LogP contribution < -0.4 is 11.3 Å². The minimum Gasteiger partial charge on any atom is -0.336 e. The number of hydrogen-bond acceptors (Lipinski definition) is 2. The summed E-state index contributed by atoms with van der Waals surface area (Å²) in [5.74, 6) is 2.31. The monoisotopic (exact) mass is 167 g/mol. The van der Waals surface area contributed by atoms with Crippen molar-refractivity contribution in [3.63, 3.8) is 0 Å². The highest BCUT2D eigenvalue weighted by Crippen LogP contribution is 2.25. The average Bonchev–Trinajstić information content (AvgIpc) is 1.81. The molecular formula is C4H7F2N3S. The lowest BCUT2D eigenvalue weighted by atomic mass is 10.2. The van der Waals surface area contributed by atoms with Crippen LogP contribution in [-0.2, 0) is 0 Å². The molecule has 0 radical (unpaired) electrons. The Balaban J connectivity index is 2.33. The van der Waals surface area contributed by atoms with Crippen LogP contribution in [-0.4, -0.2) is 29.0 Å². The fourth-order valence-corrected chi connectivity index (χ4v) is 0.876. The molecule has 1 saturated heterocycles. The summed E-state index contributed by atoms with van der Waals surface area (Å²) in [6.45, 7) is -0.647. The van der Waals surface area contributed by atoms with Gasteiger partial charge in [-0.25, -0.2) is 14.6 Å². The van der Waals surface area contributed by atoms with Crippen molar-refractivity contribution in [2.75, 3.05) is 13.1 Å². The van der Waals surface area contributed by atoms with E-state index in [-0.39, 0.29) is 18.2 Å². The van der Waals surface area contributed by atoms with Crippen LogP contribution in [0.25, 0.3) is 0 Å². The Labute approximate surface area is 62.1 Å². The van der Waals surface area contributed by atoms with Crippen molar-refractivity contribution in [2.45, 2.75) is 5.92 Å². The summed E-state index contributed by atoms with van der Waals surface area (Å²) in [7, 11) is 0. The molecule has 0 aliphatic carbocycles. The van der Waals surface area contributed by atoms with Crippen molar-refractivity contribution >= 4 is 17.3 Å². The molecular weight excluding hydrogens is 160 g/mol. The molecule has 1 aliphatic heterocycles. The van der Waals surface area contributed by atoms with E-state index in [0.29, 0.717) is 0 Å². The number of rotatable bonds is 0. The smallest absolute Gasteiger partial charge is 0.282 e. The Morgan fingerprint density at radius 3 is 2.40 bits per heavy atom. The van der Waals surface area contributed by atoms with Crippen LogP contribution in [0.2, 0.25) is 0 Å². The Morgan fingerprint density at radius 2 is 2.10 bits per heavy atom. The Hall–Kier alpha value is -0.490. The number of halogens is 2. The van der Waals surface area contributed by atoms with Gasteiger partial charge in [0.15, 0.2) is 5.11 Å². The van der Waals surface area contributed by atoms with Gasteiger partial charge in [0.25, 0.3) is 5.92 Å². The van der Waals surface area contributed by atoms with Gasteiger partial charge in [-0.3, -0.25) is 0 Å². The molecule has 58 valence electrons. The standard InChI is InChI=1S/C4H7F2N3S/c5-4(6)1-9(2-4)3(10)8-7/h1-2,7H2,(H,8,10). The first-order valence-corrected chi connectivity index (χ1v) is 3.09. The normalized spacial score (nSPS) is 21.7. The first-order valence-electron chi connectivity index (χ1n) is 2.68. The first-order chi connectivity index (χ1) is 4.55. The lowest BCUT2D eigenvalue weighted by Gasteiger charge is -2.39. The van der Waals surface area contributed by atoms with Gasteiger partial charge in [-0.15, -0.1) is 0 Å². The highest BCUT2D eigenvalue weighted by atomic mass is 32.1. The van der Waals surface area contributed by atoms with Crippen LogP contribution in [0.1, 0.15) is 0 Å². The van der Waals surface area contributed by atoms with Crippen molar-refractivity contribution in [2.24, 2.45) is 5.84 Å². The zero-order valence-electron chi connectivity index (χ0n) is 5.10. The van der Waals surface area contributed by atoms with Gasteiger partial charge < -0.3 is 10.3 Å². The highest BCUT2D eigenvalue weighted by molar-refractivity contribution is 7.80. The maximum Gasteiger partial charge on any atom is 0.282 e. The number of hydrogen-bond donors (Lipinski definition) is 2. The van der Waals surface area contributed by atoms with Gasteiger partial charge in [-0.1, -0.05) is 0 Å². The molecule has 1 aliphatic rings. The van der Waals surface area contributed by atoms with Crippen molar-refractivity contribution < 1.29 is 8.78 Å². The summed E-state index contributed by atoms with van der Waals surface area (Å²) in [5, 5.41) is 0.172. The van der Waals surface area contributed by atoms with Crippen LogP contribution in [0.3, 0.4) is 0 Å². The molecule has 1 rings (SSSR count). The molecule has 6 heteroatoms. The van der Waals surface area contributed by atoms with Crippen LogP contribution in [0, 0.1) is 0 Å². The molecule has 10 heavy (non-hydrogen) atoms. The van der Waals surface area contributed by atoms with Crippen molar-refractivity contribution in [1.82, 2.24) is 10.3 Å². The third kappa shape index (κ3) is 1.32. The molecule has 0 bridgehead atoms. The largest absolute Gasteiger partial charge is 0.336 e. The lowest BCUT2D eigenvalue weighted by molar-refractivity contribution is -0.101. The van der Waals surface area contributed by atoms with E-state index in [1.54, 1.807) is 0 Å². The third-order valence-electron chi connectivity index (χ3n) is 1.26. The third-order valence-corrected chi connectivity index (χ3v) is 1.63. The average molecular weight is 167 g/mol. The van der Waals surface area contributed by atoms with E-state index in [1.807, 2.05) is 0 Å². The number of alkyl halides is 2. The second-order valence-electron chi connectivity index (χ2n) is 2.16. The van der Waals surface area contributed by atoms with Crippen molar-refractivity contribution in [3.05, 3.63) is 0 Å². The van der Waals surface area contributed by atoms with Crippen molar-refractivity contribution in [3.8, 4) is 0 Å². The molecule has 0 atom stereocenters. The summed E-state index contributed by atoms with van der Waals surface area (Å²) in [5.41, 5.74) is 2.13. The molecule has 0 spiro atoms. The molecule has 3 N–H and O–H groups in total. The van der Waals surface area contributed by atoms with Gasteiger partial charge in [0, 0.05) is 0 Å². The number of thiocarbonyl (C=S) groups is 1. The molecule has 1 heterocycles. The van der Waals surface area contributed by atoms with Crippen LogP contribution in [0.4, 0.5) is 8.78 Å². The molecule has 0 aromatic carbocycles. The highest BCUT2D eigenvalue weighted by Gasteiger charge is 2.44. The summed E-state index contributed by atoms with van der Waals surface area (Å²) >= 11 is 4.59. The topological polar surface area (TPSA) is 41.3 Å². The van der Waals surface area contributed by atoms with Gasteiger partial charge >= 0.3 is 0 Å². The minimum absolute atomic E-state index is 0.172. The number of hydrazine groups is 1. The van der Waals surface area contributed by atoms with Crippen LogP contribution in [0.5, 0.6) is 0 Å². The predicted molar refractivity (Wildman–Crippen MR) is 36.4 cm³/mol. The maximum atomic E-state index is 12.1. The zero-order chi connectivity index (χ0) is 7.78. The fraction of sp³-hybridized carbons (Fsp3) is 0.750. The number of nitrogens with two attached hydrogens (primary N) is 1. The fourth-order valence-electron chi connectivity index (χ4n) is 0.747. The van der Waals surface area contributed by atoms with E-state index in [0.717, 1.165) is 0 Å². The quantitative estimate of drug-likeness (QED) is 0.295. The van der Waals surface area contributed by atoms with Crippen molar-refractivity contribution in [1.29, 1.82) is 0 Å². The summed E-state index contributed by atoms with van der Waals surface area (Å²) in [4.78, 5) is 1.30. The van der Waals surface area contributed by atoms with Crippen LogP contribution >= 0.6 is 12.2 Å². The van der Waals surface area contributed by atoms with E-state index >= 15 is 0 Å². The molecule has 1 fully saturated rings. The molecule has 0 saturated carbocycles. The second-order valence-corrected chi connectivity index (χ2v) is 2.55. The number of nitrogens with one attached hydrogen (secondary N) is 1. The van der Waals surface area contributed by atoms with Gasteiger partial charge in [0.05, 0.1) is 13.1 Å². The minimum atomic E-state index is -2.58.